The third-order valence-electron chi connectivity index (χ3n) is 2.60. The molecule has 0 bridgehead atoms. The second-order valence-electron chi connectivity index (χ2n) is 4.13. The van der Waals surface area contributed by atoms with Crippen molar-refractivity contribution in [2.45, 2.75) is 38.8 Å². The van der Waals surface area contributed by atoms with Crippen LogP contribution in [0, 0.1) is 6.92 Å². The number of aliphatic carboxylic acids is 1. The molecule has 90 valence electrons. The average molecular weight is 246 g/mol. The largest absolute Gasteiger partial charge is 0.480 e. The average Bonchev–Trinajstić information content (AvgIpc) is 2.49. The number of nitrogens with two attached hydrogens (primary N) is 1. The Morgan fingerprint density at radius 2 is 2.38 bits per heavy atom. The first-order valence-electron chi connectivity index (χ1n) is 5.05. The number of carbonyl (C=O) groups is 1. The SMILES string of the molecule is Cc1c(Cl)cnn1CCCC(C)(N)C(=O)O. The summed E-state index contributed by atoms with van der Waals surface area (Å²) in [5, 5.41) is 13.5. The minimum absolute atomic E-state index is 0.402. The Morgan fingerprint density at radius 1 is 1.75 bits per heavy atom. The molecule has 0 amide bonds. The van der Waals surface area contributed by atoms with Gasteiger partial charge in [-0.3, -0.25) is 9.48 Å². The normalized spacial score (nSPS) is 14.8. The molecule has 1 rings (SSSR count). The molecule has 16 heavy (non-hydrogen) atoms. The van der Waals surface area contributed by atoms with Gasteiger partial charge in [0.1, 0.15) is 5.54 Å². The number of carboxylic acids is 1. The summed E-state index contributed by atoms with van der Waals surface area (Å²) in [6.07, 6.45) is 2.63. The molecule has 0 saturated heterocycles. The monoisotopic (exact) mass is 245 g/mol. The molecule has 1 aromatic heterocycles. The molecule has 0 aliphatic carbocycles. The Hall–Kier alpha value is -1.07. The third-order valence-corrected chi connectivity index (χ3v) is 2.97. The van der Waals surface area contributed by atoms with Gasteiger partial charge in [-0.2, -0.15) is 5.10 Å². The summed E-state index contributed by atoms with van der Waals surface area (Å²) in [4.78, 5) is 10.8. The van der Waals surface area contributed by atoms with Crippen LogP contribution in [-0.2, 0) is 11.3 Å². The fourth-order valence-electron chi connectivity index (χ4n) is 1.35. The molecule has 0 spiro atoms. The number of carboxylic acid groups (broad SMARTS) is 1. The fraction of sp³-hybridized carbons (Fsp3) is 0.600. The van der Waals surface area contributed by atoms with Gasteiger partial charge in [-0.25, -0.2) is 0 Å². The van der Waals surface area contributed by atoms with Crippen molar-refractivity contribution in [3.63, 3.8) is 0 Å². The molecule has 1 atom stereocenters. The van der Waals surface area contributed by atoms with Crippen LogP contribution in [0.3, 0.4) is 0 Å². The van der Waals surface area contributed by atoms with Crippen molar-refractivity contribution in [3.8, 4) is 0 Å². The summed E-state index contributed by atoms with van der Waals surface area (Å²) >= 11 is 5.85. The van der Waals surface area contributed by atoms with Gasteiger partial charge < -0.3 is 10.8 Å². The van der Waals surface area contributed by atoms with E-state index in [9.17, 15) is 4.79 Å². The van der Waals surface area contributed by atoms with Crippen molar-refractivity contribution >= 4 is 17.6 Å². The van der Waals surface area contributed by atoms with Gasteiger partial charge in [0.25, 0.3) is 0 Å². The maximum absolute atomic E-state index is 10.8. The standard InChI is InChI=1S/C10H16ClN3O2/c1-7-8(11)6-13-14(7)5-3-4-10(2,12)9(15)16/h6H,3-5,12H2,1-2H3,(H,15,16). The molecule has 0 radical (unpaired) electrons. The summed E-state index contributed by atoms with van der Waals surface area (Å²) in [5.74, 6) is -0.984. The molecule has 0 aliphatic rings. The molecule has 6 heteroatoms. The maximum atomic E-state index is 10.8. The Labute approximate surface area is 99.2 Å². The van der Waals surface area contributed by atoms with Gasteiger partial charge in [0.2, 0.25) is 0 Å². The van der Waals surface area contributed by atoms with Crippen LogP contribution in [0.25, 0.3) is 0 Å². The molecule has 1 heterocycles. The predicted molar refractivity (Wildman–Crippen MR) is 61.4 cm³/mol. The van der Waals surface area contributed by atoms with E-state index in [4.69, 9.17) is 22.4 Å². The molecule has 0 aromatic carbocycles. The Balaban J connectivity index is 2.48. The molecule has 5 nitrogen and oxygen atoms in total. The lowest BCUT2D eigenvalue weighted by Gasteiger charge is -2.18. The molecular weight excluding hydrogens is 230 g/mol. The predicted octanol–water partition coefficient (Wildman–Crippen LogP) is 1.43. The van der Waals surface area contributed by atoms with Crippen molar-refractivity contribution in [1.82, 2.24) is 9.78 Å². The summed E-state index contributed by atoms with van der Waals surface area (Å²) in [5.41, 5.74) is 5.32. The second-order valence-corrected chi connectivity index (χ2v) is 4.53. The summed E-state index contributed by atoms with van der Waals surface area (Å²) in [6.45, 7) is 4.01. The quantitative estimate of drug-likeness (QED) is 0.822. The van der Waals surface area contributed by atoms with Crippen LogP contribution in [0.5, 0.6) is 0 Å². The van der Waals surface area contributed by atoms with Crippen LogP contribution >= 0.6 is 11.6 Å². The van der Waals surface area contributed by atoms with Crippen LogP contribution in [0.1, 0.15) is 25.5 Å². The fourth-order valence-corrected chi connectivity index (χ4v) is 1.49. The first-order valence-corrected chi connectivity index (χ1v) is 5.42. The van der Waals surface area contributed by atoms with E-state index >= 15 is 0 Å². The van der Waals surface area contributed by atoms with Gasteiger partial charge >= 0.3 is 5.97 Å². The zero-order valence-electron chi connectivity index (χ0n) is 9.40. The third kappa shape index (κ3) is 2.96. The van der Waals surface area contributed by atoms with Gasteiger partial charge in [0, 0.05) is 6.54 Å². The lowest BCUT2D eigenvalue weighted by Crippen LogP contribution is -2.44. The second kappa shape index (κ2) is 4.84. The first-order chi connectivity index (χ1) is 7.34. The number of halogens is 1. The van der Waals surface area contributed by atoms with Gasteiger partial charge in [0.15, 0.2) is 0 Å². The van der Waals surface area contributed by atoms with E-state index in [0.29, 0.717) is 24.4 Å². The van der Waals surface area contributed by atoms with Crippen molar-refractivity contribution in [1.29, 1.82) is 0 Å². The summed E-state index contributed by atoms with van der Waals surface area (Å²) in [7, 11) is 0. The van der Waals surface area contributed by atoms with Gasteiger partial charge in [-0.05, 0) is 26.7 Å². The number of hydrogen-bond donors (Lipinski definition) is 2. The van der Waals surface area contributed by atoms with Gasteiger partial charge in [-0.1, -0.05) is 11.6 Å². The van der Waals surface area contributed by atoms with E-state index < -0.39 is 11.5 Å². The molecule has 0 saturated carbocycles. The zero-order chi connectivity index (χ0) is 12.3. The van der Waals surface area contributed by atoms with Gasteiger partial charge in [-0.15, -0.1) is 0 Å². The number of nitrogens with zero attached hydrogens (tertiary/aromatic N) is 2. The van der Waals surface area contributed by atoms with E-state index in [1.807, 2.05) is 6.92 Å². The minimum Gasteiger partial charge on any atom is -0.480 e. The highest BCUT2D eigenvalue weighted by Gasteiger charge is 2.26. The molecule has 1 unspecified atom stereocenters. The Bertz CT molecular complexity index is 387. The summed E-state index contributed by atoms with van der Waals surface area (Å²) < 4.78 is 1.75. The lowest BCUT2D eigenvalue weighted by molar-refractivity contribution is -0.142. The number of aryl methyl sites for hydroxylation is 1. The first kappa shape index (κ1) is 13.0. The molecule has 3 N–H and O–H groups in total. The Kier molecular flexibility index (Phi) is 3.93. The highest BCUT2D eigenvalue weighted by atomic mass is 35.5. The lowest BCUT2D eigenvalue weighted by atomic mass is 9.98. The van der Waals surface area contributed by atoms with Crippen LogP contribution < -0.4 is 5.73 Å². The highest BCUT2D eigenvalue weighted by molar-refractivity contribution is 6.31. The van der Waals surface area contributed by atoms with Crippen molar-refractivity contribution in [2.24, 2.45) is 5.73 Å². The number of aromatic nitrogens is 2. The molecule has 0 fully saturated rings. The van der Waals surface area contributed by atoms with Crippen LogP contribution in [-0.4, -0.2) is 26.4 Å². The van der Waals surface area contributed by atoms with Gasteiger partial charge in [0.05, 0.1) is 16.9 Å². The number of rotatable bonds is 5. The van der Waals surface area contributed by atoms with Crippen LogP contribution in [0.4, 0.5) is 0 Å². The topological polar surface area (TPSA) is 81.1 Å². The van der Waals surface area contributed by atoms with Crippen LogP contribution in [0.15, 0.2) is 6.20 Å². The van der Waals surface area contributed by atoms with E-state index in [1.54, 1.807) is 10.9 Å². The van der Waals surface area contributed by atoms with E-state index in [-0.39, 0.29) is 0 Å². The van der Waals surface area contributed by atoms with Crippen molar-refractivity contribution in [3.05, 3.63) is 16.9 Å². The van der Waals surface area contributed by atoms with Crippen LogP contribution in [0.2, 0.25) is 5.02 Å². The molecule has 0 aliphatic heterocycles. The minimum atomic E-state index is -1.18. The van der Waals surface area contributed by atoms with E-state index in [1.165, 1.54) is 6.92 Å². The maximum Gasteiger partial charge on any atom is 0.323 e. The smallest absolute Gasteiger partial charge is 0.323 e. The number of hydrogen-bond acceptors (Lipinski definition) is 3. The highest BCUT2D eigenvalue weighted by Crippen LogP contribution is 2.15. The summed E-state index contributed by atoms with van der Waals surface area (Å²) in [6, 6.07) is 0. The Morgan fingerprint density at radius 3 is 2.81 bits per heavy atom. The van der Waals surface area contributed by atoms with Crippen molar-refractivity contribution in [2.75, 3.05) is 0 Å². The molecule has 1 aromatic rings. The van der Waals surface area contributed by atoms with Crippen molar-refractivity contribution < 1.29 is 9.90 Å². The zero-order valence-corrected chi connectivity index (χ0v) is 10.2. The van der Waals surface area contributed by atoms with E-state index in [0.717, 1.165) is 5.69 Å². The molecular formula is C10H16ClN3O2. The van der Waals surface area contributed by atoms with E-state index in [2.05, 4.69) is 5.10 Å².